The van der Waals surface area contributed by atoms with E-state index in [0.29, 0.717) is 0 Å². The molecule has 0 saturated carbocycles. The number of aryl methyl sites for hydroxylation is 3. The van der Waals surface area contributed by atoms with Gasteiger partial charge < -0.3 is 0 Å². The summed E-state index contributed by atoms with van der Waals surface area (Å²) < 4.78 is 0. The van der Waals surface area contributed by atoms with Crippen molar-refractivity contribution >= 4 is 0 Å². The zero-order valence-electron chi connectivity index (χ0n) is 19.9. The minimum atomic E-state index is 0.243. The minimum absolute atomic E-state index is 0.243. The van der Waals surface area contributed by atoms with E-state index in [2.05, 4.69) is 89.4 Å². The van der Waals surface area contributed by atoms with Crippen molar-refractivity contribution in [2.24, 2.45) is 5.41 Å². The summed E-state index contributed by atoms with van der Waals surface area (Å²) in [5, 5.41) is 0. The molecule has 0 heterocycles. The van der Waals surface area contributed by atoms with Gasteiger partial charge in [-0.1, -0.05) is 100 Å². The summed E-state index contributed by atoms with van der Waals surface area (Å²) >= 11 is 0. The lowest BCUT2D eigenvalue weighted by Gasteiger charge is -2.36. The van der Waals surface area contributed by atoms with Crippen molar-refractivity contribution in [1.82, 2.24) is 0 Å². The Morgan fingerprint density at radius 2 is 1.50 bits per heavy atom. The average molecular weight is 403 g/mol. The van der Waals surface area contributed by atoms with Crippen LogP contribution in [0.5, 0.6) is 0 Å². The largest absolute Gasteiger partial charge is 0.0995 e. The molecule has 0 N–H and O–H groups in total. The highest BCUT2D eigenvalue weighted by atomic mass is 14.3. The van der Waals surface area contributed by atoms with E-state index in [4.69, 9.17) is 0 Å². The van der Waals surface area contributed by atoms with Gasteiger partial charge >= 0.3 is 0 Å². The fourth-order valence-corrected chi connectivity index (χ4v) is 4.69. The lowest BCUT2D eigenvalue weighted by Crippen LogP contribution is -2.23. The van der Waals surface area contributed by atoms with Gasteiger partial charge in [-0.25, -0.2) is 0 Å². The minimum Gasteiger partial charge on any atom is -0.0995 e. The normalized spacial score (nSPS) is 13.1. The average Bonchev–Trinajstić information content (AvgIpc) is 2.76. The van der Waals surface area contributed by atoms with Crippen LogP contribution in [-0.2, 0) is 19.3 Å². The lowest BCUT2D eigenvalue weighted by atomic mass is 9.69. The van der Waals surface area contributed by atoms with E-state index in [1.165, 1.54) is 59.1 Å². The van der Waals surface area contributed by atoms with Crippen LogP contribution in [0, 0.1) is 12.3 Å². The van der Waals surface area contributed by atoms with Crippen LogP contribution in [0.1, 0.15) is 81.5 Å². The van der Waals surface area contributed by atoms with Crippen molar-refractivity contribution < 1.29 is 0 Å². The van der Waals surface area contributed by atoms with Crippen LogP contribution in [0.25, 0.3) is 0 Å². The smallest absolute Gasteiger partial charge is 0.00698 e. The van der Waals surface area contributed by atoms with Gasteiger partial charge in [-0.3, -0.25) is 0 Å². The first-order valence-corrected chi connectivity index (χ1v) is 11.9. The SMILES string of the molecule is C=C(CCC(CC)(CCC)C(=C)CCc1ccccc1C)Cc1ccc(CC)cc1. The Morgan fingerprint density at radius 3 is 2.10 bits per heavy atom. The van der Waals surface area contributed by atoms with E-state index in [0.717, 1.165) is 32.1 Å². The van der Waals surface area contributed by atoms with E-state index >= 15 is 0 Å². The van der Waals surface area contributed by atoms with Crippen molar-refractivity contribution in [2.45, 2.75) is 85.5 Å². The molecular formula is C30H42. The van der Waals surface area contributed by atoms with E-state index in [1.54, 1.807) is 0 Å². The Balaban J connectivity index is 1.99. The molecule has 0 aliphatic rings. The molecule has 0 aromatic heterocycles. The van der Waals surface area contributed by atoms with Crippen molar-refractivity contribution in [3.63, 3.8) is 0 Å². The first-order chi connectivity index (χ1) is 14.4. The molecule has 2 aromatic rings. The Morgan fingerprint density at radius 1 is 0.833 bits per heavy atom. The molecule has 0 nitrogen and oxygen atoms in total. The number of allylic oxidation sites excluding steroid dienone is 2. The zero-order chi connectivity index (χ0) is 22.0. The second kappa shape index (κ2) is 11.9. The summed E-state index contributed by atoms with van der Waals surface area (Å²) in [5.74, 6) is 0. The molecule has 0 spiro atoms. The van der Waals surface area contributed by atoms with Crippen molar-refractivity contribution in [1.29, 1.82) is 0 Å². The summed E-state index contributed by atoms with van der Waals surface area (Å²) in [5.41, 5.74) is 8.67. The van der Waals surface area contributed by atoms with Crippen molar-refractivity contribution in [2.75, 3.05) is 0 Å². The molecule has 2 rings (SSSR count). The summed E-state index contributed by atoms with van der Waals surface area (Å²) in [6, 6.07) is 17.8. The predicted molar refractivity (Wildman–Crippen MR) is 134 cm³/mol. The third kappa shape index (κ3) is 6.73. The highest BCUT2D eigenvalue weighted by Crippen LogP contribution is 2.43. The third-order valence-electron chi connectivity index (χ3n) is 6.96. The van der Waals surface area contributed by atoms with E-state index in [9.17, 15) is 0 Å². The highest BCUT2D eigenvalue weighted by molar-refractivity contribution is 5.28. The van der Waals surface area contributed by atoms with Gasteiger partial charge in [0.05, 0.1) is 0 Å². The zero-order valence-corrected chi connectivity index (χ0v) is 19.9. The first-order valence-electron chi connectivity index (χ1n) is 11.9. The molecule has 162 valence electrons. The molecule has 0 aliphatic heterocycles. The molecule has 30 heavy (non-hydrogen) atoms. The Kier molecular flexibility index (Phi) is 9.63. The maximum Gasteiger partial charge on any atom is -0.00698 e. The van der Waals surface area contributed by atoms with Crippen LogP contribution in [-0.4, -0.2) is 0 Å². The molecule has 0 heteroatoms. The van der Waals surface area contributed by atoms with Crippen molar-refractivity contribution in [3.05, 3.63) is 95.1 Å². The van der Waals surface area contributed by atoms with Gasteiger partial charge in [-0.05, 0) is 86.0 Å². The molecule has 1 atom stereocenters. The second-order valence-corrected chi connectivity index (χ2v) is 9.01. The summed E-state index contributed by atoms with van der Waals surface area (Å²) in [7, 11) is 0. The van der Waals surface area contributed by atoms with E-state index < -0.39 is 0 Å². The standard InChI is InChI=1S/C30H42/c1-7-21-30(9-3,26(6)14-19-29-13-11-10-12-25(29)5)22-20-24(4)23-28-17-15-27(8-2)16-18-28/h10-13,15-18H,4,6-9,14,19-23H2,1-3,5H3. The second-order valence-electron chi connectivity index (χ2n) is 9.01. The number of benzene rings is 2. The van der Waals surface area contributed by atoms with E-state index in [1.807, 2.05) is 0 Å². The summed E-state index contributed by atoms with van der Waals surface area (Å²) in [6.45, 7) is 18.1. The van der Waals surface area contributed by atoms with Gasteiger partial charge in [-0.15, -0.1) is 0 Å². The fraction of sp³-hybridized carbons (Fsp3) is 0.467. The maximum atomic E-state index is 4.61. The highest BCUT2D eigenvalue weighted by Gasteiger charge is 2.30. The summed E-state index contributed by atoms with van der Waals surface area (Å²) in [6.07, 6.45) is 10.2. The van der Waals surface area contributed by atoms with Gasteiger partial charge in [0.2, 0.25) is 0 Å². The quantitative estimate of drug-likeness (QED) is 0.294. The topological polar surface area (TPSA) is 0 Å². The van der Waals surface area contributed by atoms with Crippen LogP contribution in [0.15, 0.2) is 72.8 Å². The number of hydrogen-bond acceptors (Lipinski definition) is 0. The molecule has 0 radical (unpaired) electrons. The number of hydrogen-bond donors (Lipinski definition) is 0. The summed E-state index contributed by atoms with van der Waals surface area (Å²) in [4.78, 5) is 0. The van der Waals surface area contributed by atoms with Gasteiger partial charge in [0.25, 0.3) is 0 Å². The van der Waals surface area contributed by atoms with Crippen LogP contribution in [0.2, 0.25) is 0 Å². The number of rotatable bonds is 13. The van der Waals surface area contributed by atoms with Crippen LogP contribution in [0.4, 0.5) is 0 Å². The van der Waals surface area contributed by atoms with Crippen LogP contribution < -0.4 is 0 Å². The third-order valence-corrected chi connectivity index (χ3v) is 6.96. The maximum absolute atomic E-state index is 4.61. The molecule has 0 saturated heterocycles. The van der Waals surface area contributed by atoms with E-state index in [-0.39, 0.29) is 5.41 Å². The monoisotopic (exact) mass is 402 g/mol. The van der Waals surface area contributed by atoms with Crippen molar-refractivity contribution in [3.8, 4) is 0 Å². The van der Waals surface area contributed by atoms with Crippen LogP contribution >= 0.6 is 0 Å². The molecule has 1 unspecified atom stereocenters. The van der Waals surface area contributed by atoms with Gasteiger partial charge in [0, 0.05) is 0 Å². The molecule has 2 aromatic carbocycles. The van der Waals surface area contributed by atoms with Gasteiger partial charge in [0.15, 0.2) is 0 Å². The van der Waals surface area contributed by atoms with Crippen LogP contribution in [0.3, 0.4) is 0 Å². The lowest BCUT2D eigenvalue weighted by molar-refractivity contribution is 0.276. The predicted octanol–water partition coefficient (Wildman–Crippen LogP) is 8.82. The van der Waals surface area contributed by atoms with Gasteiger partial charge in [0.1, 0.15) is 0 Å². The van der Waals surface area contributed by atoms with Gasteiger partial charge in [-0.2, -0.15) is 0 Å². The molecule has 0 aliphatic carbocycles. The molecule has 0 amide bonds. The first kappa shape index (κ1) is 24.2. The molecule has 0 fully saturated rings. The molecule has 0 bridgehead atoms. The fourth-order valence-electron chi connectivity index (χ4n) is 4.69. The molecular weight excluding hydrogens is 360 g/mol. The Labute approximate surface area is 186 Å². The Hall–Kier alpha value is -2.08. The Bertz CT molecular complexity index is 808.